The van der Waals surface area contributed by atoms with Crippen molar-refractivity contribution in [3.8, 4) is 17.3 Å². The van der Waals surface area contributed by atoms with Gasteiger partial charge in [0.05, 0.1) is 17.8 Å². The largest absolute Gasteiger partial charge is 0.353 e. The smallest absolute Gasteiger partial charge is 0.236 e. The number of anilines is 1. The predicted octanol–water partition coefficient (Wildman–Crippen LogP) is 3.49. The van der Waals surface area contributed by atoms with Gasteiger partial charge in [0.2, 0.25) is 5.91 Å². The van der Waals surface area contributed by atoms with Crippen LogP contribution >= 0.6 is 0 Å². The molecule has 5 rings (SSSR count). The van der Waals surface area contributed by atoms with E-state index in [1.54, 1.807) is 0 Å². The normalized spacial score (nSPS) is 19.4. The minimum Gasteiger partial charge on any atom is -0.353 e. The molecule has 2 aliphatic heterocycles. The zero-order chi connectivity index (χ0) is 22.8. The van der Waals surface area contributed by atoms with Gasteiger partial charge in [0.15, 0.2) is 0 Å². The van der Waals surface area contributed by atoms with E-state index in [-0.39, 0.29) is 5.91 Å². The fourth-order valence-electron chi connectivity index (χ4n) is 5.49. The number of amides is 1. The van der Waals surface area contributed by atoms with Crippen molar-refractivity contribution in [2.75, 3.05) is 50.7 Å². The Morgan fingerprint density at radius 1 is 1.03 bits per heavy atom. The van der Waals surface area contributed by atoms with Crippen LogP contribution in [0.1, 0.15) is 42.9 Å². The average molecular weight is 444 g/mol. The summed E-state index contributed by atoms with van der Waals surface area (Å²) in [5.41, 5.74) is 5.37. The summed E-state index contributed by atoms with van der Waals surface area (Å²) in [6, 6.07) is 12.8. The molecule has 0 spiro atoms. The van der Waals surface area contributed by atoms with Gasteiger partial charge in [-0.1, -0.05) is 37.3 Å². The Kier molecular flexibility index (Phi) is 6.32. The number of nitriles is 1. The van der Waals surface area contributed by atoms with Crippen molar-refractivity contribution < 1.29 is 4.79 Å². The lowest BCUT2D eigenvalue weighted by atomic mass is 9.98. The third kappa shape index (κ3) is 4.47. The van der Waals surface area contributed by atoms with Gasteiger partial charge in [-0.2, -0.15) is 5.26 Å². The molecule has 0 bridgehead atoms. The number of carbonyl (C=O) groups is 1. The number of likely N-dealkylation sites (tertiary alicyclic amines) is 1. The van der Waals surface area contributed by atoms with Gasteiger partial charge in [-0.3, -0.25) is 9.69 Å². The average Bonchev–Trinajstić information content (AvgIpc) is 3.34. The molecule has 2 saturated heterocycles. The van der Waals surface area contributed by atoms with Crippen LogP contribution in [0.3, 0.4) is 0 Å². The van der Waals surface area contributed by atoms with E-state index in [0.29, 0.717) is 6.54 Å². The highest BCUT2D eigenvalue weighted by atomic mass is 16.2. The molecular weight excluding hydrogens is 410 g/mol. The van der Waals surface area contributed by atoms with Crippen LogP contribution in [0, 0.1) is 17.2 Å². The van der Waals surface area contributed by atoms with Crippen molar-refractivity contribution in [3.05, 3.63) is 47.0 Å². The highest BCUT2D eigenvalue weighted by Gasteiger charge is 2.29. The number of nitrogens with zero attached hydrogens (tertiary/aromatic N) is 5. The van der Waals surface area contributed by atoms with Crippen LogP contribution in [0.5, 0.6) is 0 Å². The van der Waals surface area contributed by atoms with Crippen molar-refractivity contribution in [2.24, 2.45) is 5.92 Å². The summed E-state index contributed by atoms with van der Waals surface area (Å²) in [4.78, 5) is 24.4. The van der Waals surface area contributed by atoms with Crippen molar-refractivity contribution in [1.82, 2.24) is 14.8 Å². The number of benzene rings is 1. The lowest BCUT2D eigenvalue weighted by Crippen LogP contribution is -2.51. The van der Waals surface area contributed by atoms with E-state index < -0.39 is 0 Å². The summed E-state index contributed by atoms with van der Waals surface area (Å²) in [5.74, 6) is 1.82. The molecule has 0 N–H and O–H groups in total. The number of hydrogen-bond acceptors (Lipinski definition) is 5. The summed E-state index contributed by atoms with van der Waals surface area (Å²) in [5, 5.41) is 10.0. The number of pyridine rings is 1. The standard InChI is InChI=1S/C27H33N5O/c1-20-10-12-31(13-11-20)25(33)19-30-14-16-32(17-15-30)27-24(18-28)22-8-5-9-23(22)26(29-27)21-6-3-2-4-7-21/h2-4,6-7,20H,5,8-17,19H2,1H3. The maximum Gasteiger partial charge on any atom is 0.236 e. The Hall–Kier alpha value is -2.91. The SMILES string of the molecule is CC1CCN(C(=O)CN2CCN(c3nc(-c4ccccc4)c4c(c3C#N)CCC4)CC2)CC1. The van der Waals surface area contributed by atoms with E-state index in [4.69, 9.17) is 4.98 Å². The number of carbonyl (C=O) groups excluding carboxylic acids is 1. The van der Waals surface area contributed by atoms with E-state index in [1.807, 2.05) is 11.0 Å². The molecule has 2 fully saturated rings. The molecule has 33 heavy (non-hydrogen) atoms. The summed E-state index contributed by atoms with van der Waals surface area (Å²) < 4.78 is 0. The van der Waals surface area contributed by atoms with Crippen LogP contribution in [0.25, 0.3) is 11.3 Å². The highest BCUT2D eigenvalue weighted by molar-refractivity contribution is 5.78. The monoisotopic (exact) mass is 443 g/mol. The van der Waals surface area contributed by atoms with Crippen LogP contribution in [0.15, 0.2) is 30.3 Å². The summed E-state index contributed by atoms with van der Waals surface area (Å²) in [6.07, 6.45) is 5.26. The summed E-state index contributed by atoms with van der Waals surface area (Å²) in [6.45, 7) is 7.78. The molecule has 1 aromatic heterocycles. The van der Waals surface area contributed by atoms with Gasteiger partial charge >= 0.3 is 0 Å². The number of piperidine rings is 1. The van der Waals surface area contributed by atoms with Crippen LogP contribution in [-0.2, 0) is 17.6 Å². The summed E-state index contributed by atoms with van der Waals surface area (Å²) in [7, 11) is 0. The molecule has 6 nitrogen and oxygen atoms in total. The maximum absolute atomic E-state index is 12.8. The van der Waals surface area contributed by atoms with Crippen molar-refractivity contribution >= 4 is 11.7 Å². The predicted molar refractivity (Wildman–Crippen MR) is 130 cm³/mol. The second-order valence-electron chi connectivity index (χ2n) is 9.77. The second-order valence-corrected chi connectivity index (χ2v) is 9.77. The van der Waals surface area contributed by atoms with E-state index in [9.17, 15) is 10.1 Å². The molecule has 172 valence electrons. The van der Waals surface area contributed by atoms with Gasteiger partial charge in [-0.05, 0) is 49.1 Å². The van der Waals surface area contributed by atoms with Gasteiger partial charge in [0, 0.05) is 44.8 Å². The van der Waals surface area contributed by atoms with Crippen LogP contribution in [-0.4, -0.2) is 66.5 Å². The van der Waals surface area contributed by atoms with Crippen molar-refractivity contribution in [2.45, 2.75) is 39.0 Å². The van der Waals surface area contributed by atoms with Crippen molar-refractivity contribution in [1.29, 1.82) is 5.26 Å². The lowest BCUT2D eigenvalue weighted by Gasteiger charge is -2.37. The van der Waals surface area contributed by atoms with Crippen LogP contribution < -0.4 is 4.90 Å². The topological polar surface area (TPSA) is 63.5 Å². The molecule has 0 atom stereocenters. The molecule has 3 heterocycles. The molecule has 1 aromatic carbocycles. The van der Waals surface area contributed by atoms with Gasteiger partial charge < -0.3 is 9.80 Å². The first-order valence-electron chi connectivity index (χ1n) is 12.4. The zero-order valence-corrected chi connectivity index (χ0v) is 19.6. The van der Waals surface area contributed by atoms with Gasteiger partial charge in [-0.15, -0.1) is 0 Å². The van der Waals surface area contributed by atoms with E-state index in [0.717, 1.165) is 99.9 Å². The number of aromatic nitrogens is 1. The molecule has 0 unspecified atom stereocenters. The molecule has 1 amide bonds. The third-order valence-electron chi connectivity index (χ3n) is 7.57. The Labute approximate surface area is 196 Å². The third-order valence-corrected chi connectivity index (χ3v) is 7.57. The molecule has 6 heteroatoms. The minimum atomic E-state index is 0.259. The maximum atomic E-state index is 12.8. The Morgan fingerprint density at radius 3 is 2.42 bits per heavy atom. The first kappa shape index (κ1) is 21.9. The molecule has 2 aromatic rings. The highest BCUT2D eigenvalue weighted by Crippen LogP contribution is 2.37. The van der Waals surface area contributed by atoms with Gasteiger partial charge in [-0.25, -0.2) is 4.98 Å². The van der Waals surface area contributed by atoms with Crippen LogP contribution in [0.2, 0.25) is 0 Å². The first-order chi connectivity index (χ1) is 16.1. The van der Waals surface area contributed by atoms with Crippen molar-refractivity contribution in [3.63, 3.8) is 0 Å². The fraction of sp³-hybridized carbons (Fsp3) is 0.519. The Morgan fingerprint density at radius 2 is 1.73 bits per heavy atom. The van der Waals surface area contributed by atoms with Gasteiger partial charge in [0.1, 0.15) is 11.9 Å². The Balaban J connectivity index is 1.32. The number of fused-ring (bicyclic) bond motifs is 1. The molecule has 1 aliphatic carbocycles. The lowest BCUT2D eigenvalue weighted by molar-refractivity contribution is -0.133. The van der Waals surface area contributed by atoms with E-state index in [2.05, 4.69) is 47.1 Å². The zero-order valence-electron chi connectivity index (χ0n) is 19.6. The van der Waals surface area contributed by atoms with E-state index >= 15 is 0 Å². The first-order valence-corrected chi connectivity index (χ1v) is 12.4. The summed E-state index contributed by atoms with van der Waals surface area (Å²) >= 11 is 0. The number of piperazine rings is 1. The molecular formula is C27H33N5O. The number of rotatable bonds is 4. The number of hydrogen-bond donors (Lipinski definition) is 0. The van der Waals surface area contributed by atoms with E-state index in [1.165, 1.54) is 11.1 Å². The van der Waals surface area contributed by atoms with Gasteiger partial charge in [0.25, 0.3) is 0 Å². The van der Waals surface area contributed by atoms with Crippen LogP contribution in [0.4, 0.5) is 5.82 Å². The molecule has 0 radical (unpaired) electrons. The Bertz CT molecular complexity index is 1040. The molecule has 0 saturated carbocycles. The second kappa shape index (κ2) is 9.52. The quantitative estimate of drug-likeness (QED) is 0.724. The molecule has 3 aliphatic rings. The minimum absolute atomic E-state index is 0.259. The fourth-order valence-corrected chi connectivity index (χ4v) is 5.49.